The van der Waals surface area contributed by atoms with E-state index in [0.717, 1.165) is 4.90 Å². The minimum Gasteiger partial charge on any atom is -0.447 e. The van der Waals surface area contributed by atoms with E-state index in [1.807, 2.05) is 12.1 Å². The second kappa shape index (κ2) is 5.69. The van der Waals surface area contributed by atoms with E-state index >= 15 is 0 Å². The first-order valence-electron chi connectivity index (χ1n) is 6.39. The van der Waals surface area contributed by atoms with E-state index in [1.54, 1.807) is 12.1 Å². The van der Waals surface area contributed by atoms with Crippen LogP contribution in [-0.2, 0) is 4.74 Å². The minimum absolute atomic E-state index is 0.0658. The van der Waals surface area contributed by atoms with Gasteiger partial charge in [-0.15, -0.1) is 0 Å². The molecule has 0 bridgehead atoms. The SMILES string of the molecule is O=C(CC1OC(=O)c2ccccc2S1)c1ccc(F)cc1. The molecule has 0 saturated heterocycles. The zero-order valence-electron chi connectivity index (χ0n) is 10.9. The second-order valence-electron chi connectivity index (χ2n) is 4.58. The Hall–Kier alpha value is -2.14. The van der Waals surface area contributed by atoms with Gasteiger partial charge in [-0.1, -0.05) is 23.9 Å². The first-order chi connectivity index (χ1) is 10.1. The van der Waals surface area contributed by atoms with Crippen molar-refractivity contribution in [3.8, 4) is 0 Å². The number of hydrogen-bond donors (Lipinski definition) is 0. The molecule has 0 amide bonds. The van der Waals surface area contributed by atoms with E-state index in [-0.39, 0.29) is 18.0 Å². The van der Waals surface area contributed by atoms with Crippen LogP contribution in [0.2, 0.25) is 0 Å². The Kier molecular flexibility index (Phi) is 3.75. The summed E-state index contributed by atoms with van der Waals surface area (Å²) in [5.74, 6) is -0.986. The van der Waals surface area contributed by atoms with Gasteiger partial charge < -0.3 is 4.74 Å². The van der Waals surface area contributed by atoms with Crippen LogP contribution in [0.15, 0.2) is 53.4 Å². The molecule has 1 heterocycles. The molecule has 0 aliphatic carbocycles. The number of hydrogen-bond acceptors (Lipinski definition) is 4. The third kappa shape index (κ3) is 2.97. The molecular formula is C16H11FO3S. The van der Waals surface area contributed by atoms with Crippen LogP contribution in [0.5, 0.6) is 0 Å². The number of fused-ring (bicyclic) bond motifs is 1. The molecule has 2 aromatic carbocycles. The number of benzene rings is 2. The molecule has 0 radical (unpaired) electrons. The third-order valence-electron chi connectivity index (χ3n) is 3.12. The van der Waals surface area contributed by atoms with E-state index in [0.29, 0.717) is 11.1 Å². The van der Waals surface area contributed by atoms with Crippen molar-refractivity contribution in [1.29, 1.82) is 0 Å². The highest BCUT2D eigenvalue weighted by Crippen LogP contribution is 2.35. The Morgan fingerprint density at radius 2 is 1.86 bits per heavy atom. The molecule has 0 aromatic heterocycles. The lowest BCUT2D eigenvalue weighted by molar-refractivity contribution is 0.0428. The van der Waals surface area contributed by atoms with Crippen molar-refractivity contribution >= 4 is 23.5 Å². The van der Waals surface area contributed by atoms with Crippen molar-refractivity contribution < 1.29 is 18.7 Å². The van der Waals surface area contributed by atoms with E-state index < -0.39 is 11.4 Å². The summed E-state index contributed by atoms with van der Waals surface area (Å²) < 4.78 is 18.1. The van der Waals surface area contributed by atoms with Gasteiger partial charge in [-0.25, -0.2) is 9.18 Å². The number of rotatable bonds is 3. The maximum absolute atomic E-state index is 12.8. The summed E-state index contributed by atoms with van der Waals surface area (Å²) in [7, 11) is 0. The minimum atomic E-state index is -0.551. The van der Waals surface area contributed by atoms with Crippen molar-refractivity contribution in [3.05, 3.63) is 65.5 Å². The van der Waals surface area contributed by atoms with E-state index in [1.165, 1.54) is 36.0 Å². The van der Waals surface area contributed by atoms with Gasteiger partial charge in [-0.2, -0.15) is 0 Å². The normalized spacial score (nSPS) is 17.0. The predicted molar refractivity (Wildman–Crippen MR) is 76.9 cm³/mol. The Morgan fingerprint density at radius 1 is 1.14 bits per heavy atom. The molecule has 0 N–H and O–H groups in total. The number of esters is 1. The molecule has 106 valence electrons. The molecule has 5 heteroatoms. The number of ether oxygens (including phenoxy) is 1. The fraction of sp³-hybridized carbons (Fsp3) is 0.125. The van der Waals surface area contributed by atoms with Crippen molar-refractivity contribution in [2.24, 2.45) is 0 Å². The summed E-state index contributed by atoms with van der Waals surface area (Å²) in [6.45, 7) is 0. The molecule has 1 aliphatic heterocycles. The molecule has 0 spiro atoms. The number of carbonyl (C=O) groups is 2. The average molecular weight is 302 g/mol. The fourth-order valence-corrected chi connectivity index (χ4v) is 3.16. The van der Waals surface area contributed by atoms with Crippen molar-refractivity contribution in [2.45, 2.75) is 16.8 Å². The van der Waals surface area contributed by atoms with E-state index in [9.17, 15) is 14.0 Å². The van der Waals surface area contributed by atoms with Crippen LogP contribution >= 0.6 is 11.8 Å². The monoisotopic (exact) mass is 302 g/mol. The van der Waals surface area contributed by atoms with Crippen LogP contribution < -0.4 is 0 Å². The third-order valence-corrected chi connectivity index (χ3v) is 4.26. The Bertz CT molecular complexity index is 697. The smallest absolute Gasteiger partial charge is 0.340 e. The lowest BCUT2D eigenvalue weighted by Crippen LogP contribution is -2.23. The highest BCUT2D eigenvalue weighted by molar-refractivity contribution is 8.00. The number of cyclic esters (lactones) is 1. The van der Waals surface area contributed by atoms with Crippen LogP contribution in [0.3, 0.4) is 0 Å². The first-order valence-corrected chi connectivity index (χ1v) is 7.27. The van der Waals surface area contributed by atoms with E-state index in [4.69, 9.17) is 4.74 Å². The largest absolute Gasteiger partial charge is 0.447 e. The molecule has 3 nitrogen and oxygen atoms in total. The summed E-state index contributed by atoms with van der Waals surface area (Å²) >= 11 is 1.35. The van der Waals surface area contributed by atoms with Gasteiger partial charge in [-0.05, 0) is 36.4 Å². The Balaban J connectivity index is 1.73. The number of carbonyl (C=O) groups excluding carboxylic acids is 2. The van der Waals surface area contributed by atoms with Crippen LogP contribution in [0.1, 0.15) is 27.1 Å². The summed E-state index contributed by atoms with van der Waals surface area (Å²) in [6.07, 6.45) is 0.0658. The number of Topliss-reactive ketones (excluding diaryl/α,β-unsaturated/α-hetero) is 1. The topological polar surface area (TPSA) is 43.4 Å². The molecule has 0 saturated carbocycles. The van der Waals surface area contributed by atoms with Crippen molar-refractivity contribution in [3.63, 3.8) is 0 Å². The lowest BCUT2D eigenvalue weighted by Gasteiger charge is -2.23. The van der Waals surface area contributed by atoms with Gasteiger partial charge in [0, 0.05) is 10.5 Å². The highest BCUT2D eigenvalue weighted by atomic mass is 32.2. The fourth-order valence-electron chi connectivity index (χ4n) is 2.07. The van der Waals surface area contributed by atoms with Gasteiger partial charge in [0.2, 0.25) is 0 Å². The number of ketones is 1. The maximum atomic E-state index is 12.8. The van der Waals surface area contributed by atoms with Gasteiger partial charge in [0.15, 0.2) is 11.2 Å². The van der Waals surface area contributed by atoms with Crippen molar-refractivity contribution in [1.82, 2.24) is 0 Å². The molecule has 21 heavy (non-hydrogen) atoms. The van der Waals surface area contributed by atoms with Gasteiger partial charge in [0.05, 0.1) is 12.0 Å². The van der Waals surface area contributed by atoms with Crippen LogP contribution in [0.25, 0.3) is 0 Å². The number of thioether (sulfide) groups is 1. The zero-order chi connectivity index (χ0) is 14.8. The van der Waals surface area contributed by atoms with Crippen LogP contribution in [0, 0.1) is 5.82 Å². The molecule has 2 aromatic rings. The Morgan fingerprint density at radius 3 is 2.62 bits per heavy atom. The molecule has 1 unspecified atom stereocenters. The second-order valence-corrected chi connectivity index (χ2v) is 5.78. The van der Waals surface area contributed by atoms with E-state index in [2.05, 4.69) is 0 Å². The van der Waals surface area contributed by atoms with Crippen LogP contribution in [-0.4, -0.2) is 17.2 Å². The lowest BCUT2D eigenvalue weighted by atomic mass is 10.1. The molecule has 1 atom stereocenters. The predicted octanol–water partition coefficient (Wildman–Crippen LogP) is 3.69. The average Bonchev–Trinajstić information content (AvgIpc) is 2.48. The summed E-state index contributed by atoms with van der Waals surface area (Å²) in [6, 6.07) is 12.5. The van der Waals surface area contributed by atoms with Gasteiger partial charge in [0.1, 0.15) is 5.82 Å². The van der Waals surface area contributed by atoms with Gasteiger partial charge in [-0.3, -0.25) is 4.79 Å². The van der Waals surface area contributed by atoms with Crippen molar-refractivity contribution in [2.75, 3.05) is 0 Å². The maximum Gasteiger partial charge on any atom is 0.340 e. The summed E-state index contributed by atoms with van der Waals surface area (Å²) in [5, 5.41) is 0. The van der Waals surface area contributed by atoms with Crippen LogP contribution in [0.4, 0.5) is 4.39 Å². The molecular weight excluding hydrogens is 291 g/mol. The van der Waals surface area contributed by atoms with Gasteiger partial charge >= 0.3 is 5.97 Å². The molecule has 1 aliphatic rings. The first kappa shape index (κ1) is 13.8. The quantitative estimate of drug-likeness (QED) is 0.640. The molecule has 0 fully saturated rings. The highest BCUT2D eigenvalue weighted by Gasteiger charge is 2.28. The molecule has 3 rings (SSSR count). The zero-order valence-corrected chi connectivity index (χ0v) is 11.7. The summed E-state index contributed by atoms with van der Waals surface area (Å²) in [4.78, 5) is 24.8. The summed E-state index contributed by atoms with van der Waals surface area (Å²) in [5.41, 5.74) is 0.379. The van der Waals surface area contributed by atoms with Gasteiger partial charge in [0.25, 0.3) is 0 Å². The number of halogens is 1. The Labute approximate surface area is 125 Å². The standard InChI is InChI=1S/C16H11FO3S/c17-11-7-5-10(6-8-11)13(18)9-15-20-16(19)12-3-1-2-4-14(12)21-15/h1-8,15H,9H2.